The summed E-state index contributed by atoms with van der Waals surface area (Å²) in [6.07, 6.45) is 0. The summed E-state index contributed by atoms with van der Waals surface area (Å²) in [5, 5.41) is 2.66. The molecule has 0 aliphatic heterocycles. The maximum atomic E-state index is 13.1. The Morgan fingerprint density at radius 3 is 2.76 bits per heavy atom. The van der Waals surface area contributed by atoms with E-state index in [1.807, 2.05) is 18.2 Å². The quantitative estimate of drug-likeness (QED) is 0.889. The Bertz CT molecular complexity index is 644. The van der Waals surface area contributed by atoms with Crippen LogP contribution in [0.2, 0.25) is 0 Å². The molecule has 2 aromatic rings. The van der Waals surface area contributed by atoms with Crippen molar-refractivity contribution in [3.8, 4) is 5.75 Å². The minimum absolute atomic E-state index is 0.132. The number of hydrogen-bond donors (Lipinski definition) is 2. The van der Waals surface area contributed by atoms with Gasteiger partial charge in [-0.25, -0.2) is 4.39 Å². The van der Waals surface area contributed by atoms with Crippen molar-refractivity contribution in [3.63, 3.8) is 0 Å². The molecule has 0 atom stereocenters. The molecule has 2 aromatic carbocycles. The average Bonchev–Trinajstić information content (AvgIpc) is 2.49. The zero-order valence-corrected chi connectivity index (χ0v) is 11.7. The number of nitrogens with two attached hydrogens (primary N) is 1. The van der Waals surface area contributed by atoms with Gasteiger partial charge in [-0.2, -0.15) is 0 Å². The second kappa shape index (κ2) is 6.85. The SMILES string of the molecule is Cc1cc(NC(=O)COc2ccccc2CN)ccc1F. The number of amides is 1. The van der Waals surface area contributed by atoms with Crippen molar-refractivity contribution < 1.29 is 13.9 Å². The average molecular weight is 288 g/mol. The van der Waals surface area contributed by atoms with E-state index in [2.05, 4.69) is 5.32 Å². The lowest BCUT2D eigenvalue weighted by Crippen LogP contribution is -2.20. The highest BCUT2D eigenvalue weighted by atomic mass is 19.1. The number of aryl methyl sites for hydroxylation is 1. The molecule has 0 aliphatic carbocycles. The van der Waals surface area contributed by atoms with Gasteiger partial charge in [0.15, 0.2) is 6.61 Å². The monoisotopic (exact) mass is 288 g/mol. The van der Waals surface area contributed by atoms with Crippen molar-refractivity contribution >= 4 is 11.6 Å². The second-order valence-corrected chi connectivity index (χ2v) is 4.61. The van der Waals surface area contributed by atoms with Gasteiger partial charge in [-0.1, -0.05) is 18.2 Å². The van der Waals surface area contributed by atoms with Crippen LogP contribution in [-0.4, -0.2) is 12.5 Å². The number of benzene rings is 2. The van der Waals surface area contributed by atoms with E-state index < -0.39 is 0 Å². The smallest absolute Gasteiger partial charge is 0.262 e. The van der Waals surface area contributed by atoms with Crippen LogP contribution in [0.4, 0.5) is 10.1 Å². The summed E-state index contributed by atoms with van der Waals surface area (Å²) in [6.45, 7) is 1.85. The summed E-state index contributed by atoms with van der Waals surface area (Å²) in [6, 6.07) is 11.7. The number of carbonyl (C=O) groups is 1. The largest absolute Gasteiger partial charge is 0.483 e. The fourth-order valence-corrected chi connectivity index (χ4v) is 1.88. The predicted molar refractivity (Wildman–Crippen MR) is 79.6 cm³/mol. The van der Waals surface area contributed by atoms with E-state index in [1.54, 1.807) is 19.1 Å². The molecule has 0 aromatic heterocycles. The summed E-state index contributed by atoms with van der Waals surface area (Å²) in [5.74, 6) is -0.0283. The van der Waals surface area contributed by atoms with E-state index in [0.717, 1.165) is 5.56 Å². The zero-order valence-electron chi connectivity index (χ0n) is 11.7. The summed E-state index contributed by atoms with van der Waals surface area (Å²) in [5.41, 5.74) is 7.44. The van der Waals surface area contributed by atoms with E-state index >= 15 is 0 Å². The summed E-state index contributed by atoms with van der Waals surface area (Å²) < 4.78 is 18.6. The number of hydrogen-bond acceptors (Lipinski definition) is 3. The van der Waals surface area contributed by atoms with E-state index in [4.69, 9.17) is 10.5 Å². The molecule has 0 saturated carbocycles. The minimum Gasteiger partial charge on any atom is -0.483 e. The Hall–Kier alpha value is -2.40. The third-order valence-corrected chi connectivity index (χ3v) is 2.99. The number of ether oxygens (including phenoxy) is 1. The highest BCUT2D eigenvalue weighted by molar-refractivity contribution is 5.91. The predicted octanol–water partition coefficient (Wildman–Crippen LogP) is 2.61. The van der Waals surface area contributed by atoms with Gasteiger partial charge in [0.1, 0.15) is 11.6 Å². The summed E-state index contributed by atoms with van der Waals surface area (Å²) >= 11 is 0. The molecule has 0 radical (unpaired) electrons. The van der Waals surface area contributed by atoms with Crippen molar-refractivity contribution in [2.75, 3.05) is 11.9 Å². The Morgan fingerprint density at radius 2 is 2.05 bits per heavy atom. The lowest BCUT2D eigenvalue weighted by molar-refractivity contribution is -0.118. The standard InChI is InChI=1S/C16H17FN2O2/c1-11-8-13(6-7-14(11)17)19-16(20)10-21-15-5-3-2-4-12(15)9-18/h2-8H,9-10,18H2,1H3,(H,19,20). The molecular weight excluding hydrogens is 271 g/mol. The van der Waals surface area contributed by atoms with Crippen LogP contribution < -0.4 is 15.8 Å². The highest BCUT2D eigenvalue weighted by Gasteiger charge is 2.07. The number of anilines is 1. The number of halogens is 1. The van der Waals surface area contributed by atoms with Crippen LogP contribution in [0, 0.1) is 12.7 Å². The molecule has 0 spiro atoms. The molecule has 4 nitrogen and oxygen atoms in total. The van der Waals surface area contributed by atoms with Gasteiger partial charge in [0, 0.05) is 17.8 Å². The van der Waals surface area contributed by atoms with E-state index in [0.29, 0.717) is 23.5 Å². The molecule has 5 heteroatoms. The molecule has 3 N–H and O–H groups in total. The summed E-state index contributed by atoms with van der Waals surface area (Å²) in [4.78, 5) is 11.8. The maximum Gasteiger partial charge on any atom is 0.262 e. The molecule has 0 aliphatic rings. The minimum atomic E-state index is -0.312. The maximum absolute atomic E-state index is 13.1. The van der Waals surface area contributed by atoms with Gasteiger partial charge >= 0.3 is 0 Å². The molecule has 0 fully saturated rings. The molecule has 0 unspecified atom stereocenters. The van der Waals surface area contributed by atoms with E-state index in [9.17, 15) is 9.18 Å². The van der Waals surface area contributed by atoms with Crippen molar-refractivity contribution in [2.45, 2.75) is 13.5 Å². The first-order valence-corrected chi connectivity index (χ1v) is 6.57. The number of nitrogens with one attached hydrogen (secondary N) is 1. The van der Waals surface area contributed by atoms with Crippen LogP contribution in [0.15, 0.2) is 42.5 Å². The summed E-state index contributed by atoms with van der Waals surface area (Å²) in [7, 11) is 0. The van der Waals surface area contributed by atoms with Crippen LogP contribution in [0.5, 0.6) is 5.75 Å². The third kappa shape index (κ3) is 4.03. The van der Waals surface area contributed by atoms with Crippen molar-refractivity contribution in [2.24, 2.45) is 5.73 Å². The van der Waals surface area contributed by atoms with Gasteiger partial charge in [-0.3, -0.25) is 4.79 Å². The van der Waals surface area contributed by atoms with Crippen LogP contribution in [0.25, 0.3) is 0 Å². The van der Waals surface area contributed by atoms with Gasteiger partial charge in [-0.05, 0) is 36.8 Å². The fraction of sp³-hybridized carbons (Fsp3) is 0.188. The van der Waals surface area contributed by atoms with Gasteiger partial charge in [0.25, 0.3) is 5.91 Å². The fourth-order valence-electron chi connectivity index (χ4n) is 1.88. The molecule has 0 bridgehead atoms. The molecule has 0 heterocycles. The van der Waals surface area contributed by atoms with Crippen molar-refractivity contribution in [1.82, 2.24) is 0 Å². The molecule has 1 amide bonds. The van der Waals surface area contributed by atoms with Crippen LogP contribution in [-0.2, 0) is 11.3 Å². The van der Waals surface area contributed by atoms with E-state index in [-0.39, 0.29) is 18.3 Å². The Labute approximate surface area is 122 Å². The molecular formula is C16H17FN2O2. The highest BCUT2D eigenvalue weighted by Crippen LogP contribution is 2.17. The number of para-hydroxylation sites is 1. The molecule has 21 heavy (non-hydrogen) atoms. The van der Waals surface area contributed by atoms with Gasteiger partial charge in [-0.15, -0.1) is 0 Å². The first-order chi connectivity index (χ1) is 10.1. The molecule has 110 valence electrons. The first kappa shape index (κ1) is 15.0. The van der Waals surface area contributed by atoms with Crippen molar-refractivity contribution in [1.29, 1.82) is 0 Å². The Balaban J connectivity index is 1.94. The Kier molecular flexibility index (Phi) is 4.90. The second-order valence-electron chi connectivity index (χ2n) is 4.61. The van der Waals surface area contributed by atoms with Crippen LogP contribution in [0.3, 0.4) is 0 Å². The Morgan fingerprint density at radius 1 is 1.29 bits per heavy atom. The topological polar surface area (TPSA) is 64.3 Å². The third-order valence-electron chi connectivity index (χ3n) is 2.99. The molecule has 2 rings (SSSR count). The van der Waals surface area contributed by atoms with Gasteiger partial charge in [0.05, 0.1) is 0 Å². The molecule has 0 saturated heterocycles. The van der Waals surface area contributed by atoms with Gasteiger partial charge in [0.2, 0.25) is 0 Å². The number of carbonyl (C=O) groups excluding carboxylic acids is 1. The lowest BCUT2D eigenvalue weighted by atomic mass is 10.2. The van der Waals surface area contributed by atoms with Crippen molar-refractivity contribution in [3.05, 3.63) is 59.4 Å². The first-order valence-electron chi connectivity index (χ1n) is 6.57. The van der Waals surface area contributed by atoms with E-state index in [1.165, 1.54) is 12.1 Å². The number of rotatable bonds is 5. The van der Waals surface area contributed by atoms with Gasteiger partial charge < -0.3 is 15.8 Å². The zero-order chi connectivity index (χ0) is 15.2. The lowest BCUT2D eigenvalue weighted by Gasteiger charge is -2.10. The van der Waals surface area contributed by atoms with Crippen LogP contribution in [0.1, 0.15) is 11.1 Å². The van der Waals surface area contributed by atoms with Crippen LogP contribution >= 0.6 is 0 Å². The normalized spacial score (nSPS) is 10.2.